The quantitative estimate of drug-likeness (QED) is 0.0951. The average molecular weight is 399 g/mol. The van der Waals surface area contributed by atoms with Crippen molar-refractivity contribution in [3.05, 3.63) is 60.4 Å². The smallest absolute Gasteiger partial charge is 0.209 e. The Balaban J connectivity index is 1.47. The van der Waals surface area contributed by atoms with E-state index in [1.165, 1.54) is 0 Å². The van der Waals surface area contributed by atoms with Gasteiger partial charge in [-0.05, 0) is 30.5 Å². The highest BCUT2D eigenvalue weighted by atomic mass is 32.2. The number of hydrogen-bond donors (Lipinski definition) is 3. The standard InChI is InChI=1S/C20H26N6OS/c21-17-24-20(25-19-10-13-22-14-11-19)23-12-6-1-2-7-15-28-26-27-16-18-8-4-3-5-9-18/h3-5,8-11,13-14,26H,1-2,6-7,12,15-16H2,(H2,22,23,24,25). The van der Waals surface area contributed by atoms with Crippen LogP contribution in [0.4, 0.5) is 5.69 Å². The van der Waals surface area contributed by atoms with Crippen LogP contribution >= 0.6 is 11.9 Å². The number of unbranched alkanes of at least 4 members (excludes halogenated alkanes) is 3. The zero-order valence-corrected chi connectivity index (χ0v) is 16.6. The zero-order chi connectivity index (χ0) is 19.7. The maximum atomic E-state index is 8.83. The molecule has 148 valence electrons. The first-order valence-electron chi connectivity index (χ1n) is 9.27. The minimum Gasteiger partial charge on any atom is -0.325 e. The number of guanidine groups is 1. The normalized spacial score (nSPS) is 11.0. The topological polar surface area (TPSA) is 94.4 Å². The Hall–Kier alpha value is -2.60. The molecule has 1 aromatic carbocycles. The third kappa shape index (κ3) is 9.92. The Morgan fingerprint density at radius 1 is 1.07 bits per heavy atom. The van der Waals surface area contributed by atoms with Gasteiger partial charge >= 0.3 is 0 Å². The lowest BCUT2D eigenvalue weighted by molar-refractivity contribution is 0.0871. The van der Waals surface area contributed by atoms with Crippen LogP contribution in [0.15, 0.2) is 59.9 Å². The average Bonchev–Trinajstić information content (AvgIpc) is 2.73. The van der Waals surface area contributed by atoms with Gasteiger partial charge in [0, 0.05) is 30.4 Å². The predicted molar refractivity (Wildman–Crippen MR) is 114 cm³/mol. The predicted octanol–water partition coefficient (Wildman–Crippen LogP) is 3.85. The van der Waals surface area contributed by atoms with E-state index < -0.39 is 0 Å². The van der Waals surface area contributed by atoms with Gasteiger partial charge in [0.15, 0.2) is 6.19 Å². The van der Waals surface area contributed by atoms with Gasteiger partial charge in [0.2, 0.25) is 5.96 Å². The highest BCUT2D eigenvalue weighted by Gasteiger charge is 1.99. The minimum atomic E-state index is 0.462. The van der Waals surface area contributed by atoms with Crippen LogP contribution in [0.5, 0.6) is 0 Å². The van der Waals surface area contributed by atoms with Crippen LogP contribution in [-0.2, 0) is 11.4 Å². The van der Waals surface area contributed by atoms with Gasteiger partial charge in [0.25, 0.3) is 0 Å². The molecule has 0 aliphatic carbocycles. The second kappa shape index (κ2) is 14.5. The molecule has 0 radical (unpaired) electrons. The molecule has 0 fully saturated rings. The molecule has 0 aliphatic rings. The van der Waals surface area contributed by atoms with Crippen molar-refractivity contribution in [3.8, 4) is 6.19 Å². The summed E-state index contributed by atoms with van der Waals surface area (Å²) in [6.07, 6.45) is 9.62. The van der Waals surface area contributed by atoms with Crippen LogP contribution in [-0.4, -0.2) is 23.2 Å². The van der Waals surface area contributed by atoms with Gasteiger partial charge < -0.3 is 5.32 Å². The molecule has 2 aromatic rings. The Labute approximate surface area is 170 Å². The Morgan fingerprint density at radius 3 is 2.64 bits per heavy atom. The van der Waals surface area contributed by atoms with E-state index in [-0.39, 0.29) is 0 Å². The molecule has 0 bridgehead atoms. The summed E-state index contributed by atoms with van der Waals surface area (Å²) in [6.45, 7) is 1.24. The number of pyridine rings is 1. The summed E-state index contributed by atoms with van der Waals surface area (Å²) in [5.74, 6) is 1.46. The molecular formula is C20H26N6OS. The van der Waals surface area contributed by atoms with Gasteiger partial charge in [-0.1, -0.05) is 55.1 Å². The summed E-state index contributed by atoms with van der Waals surface area (Å²) in [4.78, 5) is 16.7. The van der Waals surface area contributed by atoms with E-state index in [0.29, 0.717) is 19.1 Å². The van der Waals surface area contributed by atoms with Crippen molar-refractivity contribution >= 4 is 23.6 Å². The number of nitrogens with one attached hydrogen (secondary N) is 3. The molecule has 0 unspecified atom stereocenters. The molecule has 0 atom stereocenters. The van der Waals surface area contributed by atoms with Crippen molar-refractivity contribution in [3.63, 3.8) is 0 Å². The van der Waals surface area contributed by atoms with Crippen molar-refractivity contribution in [1.29, 1.82) is 5.26 Å². The second-order valence-electron chi connectivity index (χ2n) is 5.95. The Kier molecular flexibility index (Phi) is 11.2. The van der Waals surface area contributed by atoms with Crippen LogP contribution in [0.3, 0.4) is 0 Å². The molecule has 8 heteroatoms. The highest BCUT2D eigenvalue weighted by molar-refractivity contribution is 7.97. The number of benzene rings is 1. The van der Waals surface area contributed by atoms with E-state index in [1.54, 1.807) is 24.3 Å². The summed E-state index contributed by atoms with van der Waals surface area (Å²) < 4.78 is 0. The van der Waals surface area contributed by atoms with Crippen LogP contribution in [0.25, 0.3) is 0 Å². The maximum absolute atomic E-state index is 8.83. The van der Waals surface area contributed by atoms with Crippen molar-refractivity contribution in [2.45, 2.75) is 32.3 Å². The first-order valence-corrected chi connectivity index (χ1v) is 10.3. The molecule has 28 heavy (non-hydrogen) atoms. The van der Waals surface area contributed by atoms with Crippen LogP contribution < -0.4 is 15.5 Å². The van der Waals surface area contributed by atoms with Gasteiger partial charge in [-0.2, -0.15) is 5.26 Å². The number of rotatable bonds is 12. The number of nitrogens with zero attached hydrogens (tertiary/aromatic N) is 3. The monoisotopic (exact) mass is 398 g/mol. The third-order valence-electron chi connectivity index (χ3n) is 3.74. The van der Waals surface area contributed by atoms with Gasteiger partial charge in [0.05, 0.1) is 6.61 Å². The molecule has 0 spiro atoms. The molecule has 0 aliphatic heterocycles. The fourth-order valence-electron chi connectivity index (χ4n) is 2.34. The molecule has 0 amide bonds. The summed E-state index contributed by atoms with van der Waals surface area (Å²) >= 11 is 1.59. The summed E-state index contributed by atoms with van der Waals surface area (Å²) in [5.41, 5.74) is 2.00. The van der Waals surface area contributed by atoms with Gasteiger partial charge in [-0.15, -0.1) is 4.89 Å². The SMILES string of the molecule is N#CNC(=NCCCCCCSNOCc1ccccc1)Nc1ccncc1. The zero-order valence-electron chi connectivity index (χ0n) is 15.8. The van der Waals surface area contributed by atoms with Crippen molar-refractivity contribution in [2.24, 2.45) is 4.99 Å². The second-order valence-corrected chi connectivity index (χ2v) is 6.81. The summed E-state index contributed by atoms with van der Waals surface area (Å²) in [7, 11) is 0. The highest BCUT2D eigenvalue weighted by Crippen LogP contribution is 2.07. The van der Waals surface area contributed by atoms with Crippen LogP contribution in [0, 0.1) is 11.5 Å². The molecule has 0 saturated carbocycles. The van der Waals surface area contributed by atoms with Gasteiger partial charge in [0.1, 0.15) is 0 Å². The van der Waals surface area contributed by atoms with Crippen LogP contribution in [0.1, 0.15) is 31.2 Å². The Morgan fingerprint density at radius 2 is 1.86 bits per heavy atom. The number of anilines is 1. The molecule has 1 heterocycles. The lowest BCUT2D eigenvalue weighted by Gasteiger charge is -2.07. The molecule has 2 rings (SSSR count). The van der Waals surface area contributed by atoms with E-state index in [2.05, 4.69) is 25.5 Å². The number of nitriles is 1. The van der Waals surface area contributed by atoms with Crippen molar-refractivity contribution in [2.75, 3.05) is 17.6 Å². The third-order valence-corrected chi connectivity index (χ3v) is 4.47. The molecular weight excluding hydrogens is 372 g/mol. The lowest BCUT2D eigenvalue weighted by Crippen LogP contribution is -2.27. The first kappa shape index (κ1) is 21.7. The van der Waals surface area contributed by atoms with E-state index in [4.69, 9.17) is 10.1 Å². The fraction of sp³-hybridized carbons (Fsp3) is 0.350. The summed E-state index contributed by atoms with van der Waals surface area (Å²) in [6, 6.07) is 13.7. The van der Waals surface area contributed by atoms with E-state index in [1.807, 2.05) is 48.7 Å². The number of hydrogen-bond acceptors (Lipinski definition) is 6. The van der Waals surface area contributed by atoms with Crippen molar-refractivity contribution < 1.29 is 4.84 Å². The molecule has 0 saturated heterocycles. The lowest BCUT2D eigenvalue weighted by atomic mass is 10.2. The molecule has 3 N–H and O–H groups in total. The largest absolute Gasteiger partial charge is 0.325 e. The molecule has 1 aromatic heterocycles. The van der Waals surface area contributed by atoms with Crippen LogP contribution in [0.2, 0.25) is 0 Å². The first-order chi connectivity index (χ1) is 13.9. The van der Waals surface area contributed by atoms with E-state index >= 15 is 0 Å². The van der Waals surface area contributed by atoms with Crippen molar-refractivity contribution in [1.82, 2.24) is 15.2 Å². The van der Waals surface area contributed by atoms with E-state index in [0.717, 1.165) is 42.7 Å². The van der Waals surface area contributed by atoms with Gasteiger partial charge in [-0.3, -0.25) is 20.1 Å². The summed E-state index contributed by atoms with van der Waals surface area (Å²) in [5, 5.41) is 14.5. The van der Waals surface area contributed by atoms with E-state index in [9.17, 15) is 0 Å². The molecule has 7 nitrogen and oxygen atoms in total. The van der Waals surface area contributed by atoms with Gasteiger partial charge in [-0.25, -0.2) is 0 Å². The number of aliphatic imine (C=N–C) groups is 1. The Bertz CT molecular complexity index is 720. The fourth-order valence-corrected chi connectivity index (χ4v) is 2.91. The maximum Gasteiger partial charge on any atom is 0.209 e. The minimum absolute atomic E-state index is 0.462. The number of aromatic nitrogens is 1.